The molecule has 1 aromatic rings. The lowest BCUT2D eigenvalue weighted by molar-refractivity contribution is 0.141. The second-order valence-electron chi connectivity index (χ2n) is 4.25. The van der Waals surface area contributed by atoms with Gasteiger partial charge < -0.3 is 4.84 Å². The first kappa shape index (κ1) is 12.0. The molecule has 1 fully saturated rings. The van der Waals surface area contributed by atoms with Gasteiger partial charge in [-0.25, -0.2) is 5.90 Å². The molecular weight excluding hydrogens is 218 g/mol. The third-order valence-corrected chi connectivity index (χ3v) is 4.23. The van der Waals surface area contributed by atoms with Gasteiger partial charge in [-0.3, -0.25) is 0 Å². The number of thioether (sulfide) groups is 1. The molecule has 0 bridgehead atoms. The van der Waals surface area contributed by atoms with Crippen LogP contribution >= 0.6 is 11.8 Å². The number of hydrogen-bond acceptors (Lipinski definition) is 3. The van der Waals surface area contributed by atoms with E-state index in [1.54, 1.807) is 0 Å². The second-order valence-corrected chi connectivity index (χ2v) is 5.47. The number of rotatable bonds is 4. The van der Waals surface area contributed by atoms with Crippen molar-refractivity contribution in [2.45, 2.75) is 25.2 Å². The lowest BCUT2D eigenvalue weighted by Gasteiger charge is -2.21. The minimum absolute atomic E-state index is 0.597. The molecular formula is C13H19NOS. The Morgan fingerprint density at radius 3 is 2.50 bits per heavy atom. The molecule has 1 aliphatic rings. The molecule has 88 valence electrons. The zero-order chi connectivity index (χ0) is 11.2. The molecule has 2 N–H and O–H groups in total. The molecule has 0 aliphatic carbocycles. The summed E-state index contributed by atoms with van der Waals surface area (Å²) in [6.45, 7) is 0.597. The van der Waals surface area contributed by atoms with Gasteiger partial charge in [0, 0.05) is 0 Å². The molecule has 1 aromatic carbocycles. The summed E-state index contributed by atoms with van der Waals surface area (Å²) < 4.78 is 0. The Morgan fingerprint density at radius 1 is 1.19 bits per heavy atom. The highest BCUT2D eigenvalue weighted by Gasteiger charge is 2.15. The Morgan fingerprint density at radius 2 is 1.88 bits per heavy atom. The highest BCUT2D eigenvalue weighted by atomic mass is 32.2. The monoisotopic (exact) mass is 237 g/mol. The summed E-state index contributed by atoms with van der Waals surface area (Å²) in [6.07, 6.45) is 3.56. The number of nitrogens with two attached hydrogens (primary N) is 1. The van der Waals surface area contributed by atoms with E-state index in [4.69, 9.17) is 5.90 Å². The molecule has 0 atom stereocenters. The summed E-state index contributed by atoms with van der Waals surface area (Å²) in [5.41, 5.74) is 2.80. The Balaban J connectivity index is 1.95. The number of benzene rings is 1. The summed E-state index contributed by atoms with van der Waals surface area (Å²) >= 11 is 2.08. The minimum atomic E-state index is 0.597. The molecule has 2 nitrogen and oxygen atoms in total. The van der Waals surface area contributed by atoms with Crippen molar-refractivity contribution in [2.75, 3.05) is 18.1 Å². The predicted molar refractivity (Wildman–Crippen MR) is 69.6 cm³/mol. The van der Waals surface area contributed by atoms with Crippen LogP contribution < -0.4 is 5.90 Å². The molecule has 3 heteroatoms. The Bertz CT molecular complexity index is 306. The third kappa shape index (κ3) is 3.24. The van der Waals surface area contributed by atoms with E-state index in [1.807, 2.05) is 0 Å². The van der Waals surface area contributed by atoms with Crippen molar-refractivity contribution in [2.24, 2.45) is 5.90 Å². The maximum absolute atomic E-state index is 5.02. The lowest BCUT2D eigenvalue weighted by atomic mass is 9.92. The van der Waals surface area contributed by atoms with Crippen molar-refractivity contribution in [1.82, 2.24) is 0 Å². The van der Waals surface area contributed by atoms with Gasteiger partial charge >= 0.3 is 0 Å². The SMILES string of the molecule is NOCCc1ccc(C2CCSCC2)cc1. The van der Waals surface area contributed by atoms with Crippen molar-refractivity contribution in [3.8, 4) is 0 Å². The maximum atomic E-state index is 5.02. The van der Waals surface area contributed by atoms with Gasteiger partial charge in [-0.15, -0.1) is 0 Å². The van der Waals surface area contributed by atoms with E-state index in [1.165, 1.54) is 35.5 Å². The fourth-order valence-corrected chi connectivity index (χ4v) is 3.27. The van der Waals surface area contributed by atoms with Gasteiger partial charge in [0.2, 0.25) is 0 Å². The van der Waals surface area contributed by atoms with Gasteiger partial charge in [0.25, 0.3) is 0 Å². The first-order valence-electron chi connectivity index (χ1n) is 5.88. The van der Waals surface area contributed by atoms with Gasteiger partial charge in [0.05, 0.1) is 6.61 Å². The van der Waals surface area contributed by atoms with E-state index in [9.17, 15) is 0 Å². The van der Waals surface area contributed by atoms with Crippen LogP contribution in [-0.2, 0) is 11.3 Å². The molecule has 0 amide bonds. The molecule has 0 aromatic heterocycles. The van der Waals surface area contributed by atoms with Gasteiger partial charge in [-0.05, 0) is 47.8 Å². The van der Waals surface area contributed by atoms with Crippen LogP contribution in [-0.4, -0.2) is 18.1 Å². The molecule has 0 unspecified atom stereocenters. The molecule has 0 radical (unpaired) electrons. The topological polar surface area (TPSA) is 35.2 Å². The van der Waals surface area contributed by atoms with Crippen molar-refractivity contribution >= 4 is 11.8 Å². The van der Waals surface area contributed by atoms with E-state index in [2.05, 4.69) is 40.9 Å². The van der Waals surface area contributed by atoms with E-state index >= 15 is 0 Å². The van der Waals surface area contributed by atoms with Crippen LogP contribution in [0.15, 0.2) is 24.3 Å². The molecule has 0 spiro atoms. The molecule has 1 heterocycles. The second kappa shape index (κ2) is 6.28. The fourth-order valence-electron chi connectivity index (χ4n) is 2.16. The average Bonchev–Trinajstić information content (AvgIpc) is 2.38. The van der Waals surface area contributed by atoms with Gasteiger partial charge in [-0.1, -0.05) is 24.3 Å². The Hall–Kier alpha value is -0.510. The van der Waals surface area contributed by atoms with Crippen LogP contribution in [0.3, 0.4) is 0 Å². The highest BCUT2D eigenvalue weighted by Crippen LogP contribution is 2.31. The van der Waals surface area contributed by atoms with Crippen molar-refractivity contribution in [3.05, 3.63) is 35.4 Å². The van der Waals surface area contributed by atoms with E-state index < -0.39 is 0 Å². The van der Waals surface area contributed by atoms with Crippen molar-refractivity contribution in [3.63, 3.8) is 0 Å². The van der Waals surface area contributed by atoms with Crippen LogP contribution in [0, 0.1) is 0 Å². The smallest absolute Gasteiger partial charge is 0.0719 e. The zero-order valence-electron chi connectivity index (χ0n) is 9.52. The zero-order valence-corrected chi connectivity index (χ0v) is 10.3. The molecule has 1 aliphatic heterocycles. The third-order valence-electron chi connectivity index (χ3n) is 3.18. The largest absolute Gasteiger partial charge is 0.304 e. The van der Waals surface area contributed by atoms with Crippen LogP contribution in [0.5, 0.6) is 0 Å². The van der Waals surface area contributed by atoms with Gasteiger partial charge in [0.1, 0.15) is 0 Å². The maximum Gasteiger partial charge on any atom is 0.0719 e. The summed E-state index contributed by atoms with van der Waals surface area (Å²) in [6, 6.07) is 8.95. The van der Waals surface area contributed by atoms with Crippen molar-refractivity contribution < 1.29 is 4.84 Å². The minimum Gasteiger partial charge on any atom is -0.304 e. The fraction of sp³-hybridized carbons (Fsp3) is 0.538. The Labute approximate surface area is 102 Å². The summed E-state index contributed by atoms with van der Waals surface area (Å²) in [5, 5.41) is 0. The molecule has 2 rings (SSSR count). The first-order chi connectivity index (χ1) is 7.90. The summed E-state index contributed by atoms with van der Waals surface area (Å²) in [7, 11) is 0. The lowest BCUT2D eigenvalue weighted by Crippen LogP contribution is -2.08. The molecule has 0 saturated carbocycles. The average molecular weight is 237 g/mol. The standard InChI is InChI=1S/C13H19NOS/c14-15-8-5-11-1-3-12(4-2-11)13-6-9-16-10-7-13/h1-4,13H,5-10,14H2. The molecule has 16 heavy (non-hydrogen) atoms. The predicted octanol–water partition coefficient (Wildman–Crippen LogP) is 2.73. The Kier molecular flexibility index (Phi) is 4.69. The van der Waals surface area contributed by atoms with E-state index in [-0.39, 0.29) is 0 Å². The van der Waals surface area contributed by atoms with Crippen LogP contribution in [0.25, 0.3) is 0 Å². The van der Waals surface area contributed by atoms with E-state index in [0.717, 1.165) is 12.3 Å². The molecule has 1 saturated heterocycles. The van der Waals surface area contributed by atoms with Crippen molar-refractivity contribution in [1.29, 1.82) is 0 Å². The highest BCUT2D eigenvalue weighted by molar-refractivity contribution is 7.99. The summed E-state index contributed by atoms with van der Waals surface area (Å²) in [4.78, 5) is 4.59. The van der Waals surface area contributed by atoms with Gasteiger partial charge in [0.15, 0.2) is 0 Å². The van der Waals surface area contributed by atoms with Gasteiger partial charge in [-0.2, -0.15) is 11.8 Å². The number of hydrogen-bond donors (Lipinski definition) is 1. The summed E-state index contributed by atoms with van der Waals surface area (Å²) in [5.74, 6) is 8.43. The van der Waals surface area contributed by atoms with Crippen LogP contribution in [0.2, 0.25) is 0 Å². The first-order valence-corrected chi connectivity index (χ1v) is 7.04. The van der Waals surface area contributed by atoms with Crippen LogP contribution in [0.4, 0.5) is 0 Å². The quantitative estimate of drug-likeness (QED) is 0.818. The van der Waals surface area contributed by atoms with E-state index in [0.29, 0.717) is 6.61 Å². The van der Waals surface area contributed by atoms with Crippen LogP contribution in [0.1, 0.15) is 29.9 Å². The normalized spacial score (nSPS) is 17.6.